The third kappa shape index (κ3) is 4.95. The number of carbonyl (C=O) groups excluding carboxylic acids is 1. The molecule has 0 spiro atoms. The molecule has 0 aliphatic carbocycles. The van der Waals surface area contributed by atoms with Crippen molar-refractivity contribution in [2.75, 3.05) is 38.2 Å². The largest absolute Gasteiger partial charge is 0.466 e. The van der Waals surface area contributed by atoms with E-state index in [1.165, 1.54) is 18.9 Å². The molecule has 5 heteroatoms. The van der Waals surface area contributed by atoms with Crippen LogP contribution in [0, 0.1) is 11.8 Å². The summed E-state index contributed by atoms with van der Waals surface area (Å²) in [6.45, 7) is 4.12. The number of rotatable bonds is 3. The minimum absolute atomic E-state index is 0.403. The van der Waals surface area contributed by atoms with Crippen molar-refractivity contribution in [1.29, 1.82) is 0 Å². The smallest absolute Gasteiger partial charge is 0.330 e. The number of nitrogens with zero attached hydrogens (tertiary/aromatic N) is 2. The number of benzene rings is 1. The van der Waals surface area contributed by atoms with Crippen molar-refractivity contribution in [2.24, 2.45) is 0 Å². The fourth-order valence-electron chi connectivity index (χ4n) is 2.62. The van der Waals surface area contributed by atoms with Gasteiger partial charge in [-0.05, 0) is 42.5 Å². The summed E-state index contributed by atoms with van der Waals surface area (Å²) in [5.74, 6) is 5.87. The number of carbonyl (C=O) groups is 1. The highest BCUT2D eigenvalue weighted by atomic mass is 16.5. The van der Waals surface area contributed by atoms with Gasteiger partial charge in [0, 0.05) is 55.3 Å². The van der Waals surface area contributed by atoms with E-state index in [2.05, 4.69) is 43.9 Å². The van der Waals surface area contributed by atoms with Gasteiger partial charge in [-0.3, -0.25) is 4.98 Å². The van der Waals surface area contributed by atoms with E-state index in [1.807, 2.05) is 24.3 Å². The van der Waals surface area contributed by atoms with Crippen LogP contribution in [-0.2, 0) is 9.53 Å². The maximum Gasteiger partial charge on any atom is 0.330 e. The topological polar surface area (TPSA) is 54.5 Å². The molecule has 1 saturated heterocycles. The number of aromatic nitrogens is 1. The van der Waals surface area contributed by atoms with Gasteiger partial charge in [-0.1, -0.05) is 11.8 Å². The number of nitrogens with one attached hydrogen (secondary N) is 1. The van der Waals surface area contributed by atoms with Gasteiger partial charge in [0.05, 0.1) is 12.8 Å². The lowest BCUT2D eigenvalue weighted by atomic mass is 10.1. The lowest BCUT2D eigenvalue weighted by Gasteiger charge is -2.29. The molecule has 1 aliphatic rings. The van der Waals surface area contributed by atoms with Crippen LogP contribution in [0.5, 0.6) is 0 Å². The summed E-state index contributed by atoms with van der Waals surface area (Å²) in [7, 11) is 1.34. The Labute approximate surface area is 153 Å². The molecule has 0 saturated carbocycles. The zero-order valence-electron chi connectivity index (χ0n) is 14.7. The molecule has 1 aromatic heterocycles. The molecule has 0 amide bonds. The van der Waals surface area contributed by atoms with E-state index >= 15 is 0 Å². The number of hydrogen-bond donors (Lipinski definition) is 1. The Hall–Kier alpha value is -3.10. The Morgan fingerprint density at radius 3 is 2.46 bits per heavy atom. The van der Waals surface area contributed by atoms with Crippen molar-refractivity contribution < 1.29 is 9.53 Å². The Morgan fingerprint density at radius 1 is 1.12 bits per heavy atom. The normalized spacial score (nSPS) is 14.0. The van der Waals surface area contributed by atoms with E-state index in [-0.39, 0.29) is 0 Å². The van der Waals surface area contributed by atoms with Crippen LogP contribution in [0.2, 0.25) is 0 Å². The number of esters is 1. The molecule has 0 atom stereocenters. The van der Waals surface area contributed by atoms with Crippen molar-refractivity contribution in [1.82, 2.24) is 10.3 Å². The standard InChI is InChI=1S/C21H21N3O2/c1-26-21(25)11-8-19-7-4-18(16-23-19)3-2-17-5-9-20(10-6-17)24-14-12-22-13-15-24/h4-11,16,22H,12-15H2,1H3/b11-8+. The predicted octanol–water partition coefficient (Wildman–Crippen LogP) is 2.08. The molecule has 1 fully saturated rings. The fraction of sp³-hybridized carbons (Fsp3) is 0.238. The van der Waals surface area contributed by atoms with E-state index in [0.29, 0.717) is 5.69 Å². The molecule has 1 aliphatic heterocycles. The average Bonchev–Trinajstić information content (AvgIpc) is 2.72. The molecule has 1 N–H and O–H groups in total. The Kier molecular flexibility index (Phi) is 6.02. The van der Waals surface area contributed by atoms with Crippen LogP contribution in [0.1, 0.15) is 16.8 Å². The second-order valence-electron chi connectivity index (χ2n) is 5.86. The number of piperazine rings is 1. The second kappa shape index (κ2) is 8.84. The minimum Gasteiger partial charge on any atom is -0.466 e. The summed E-state index contributed by atoms with van der Waals surface area (Å²) in [5.41, 5.74) is 3.71. The molecule has 0 radical (unpaired) electrons. The van der Waals surface area contributed by atoms with Gasteiger partial charge < -0.3 is 15.0 Å². The molecule has 2 heterocycles. The average molecular weight is 347 g/mol. The van der Waals surface area contributed by atoms with Crippen LogP contribution in [0.15, 0.2) is 48.7 Å². The summed E-state index contributed by atoms with van der Waals surface area (Å²) in [6.07, 6.45) is 4.64. The van der Waals surface area contributed by atoms with Crippen molar-refractivity contribution in [3.63, 3.8) is 0 Å². The van der Waals surface area contributed by atoms with Crippen LogP contribution in [0.25, 0.3) is 6.08 Å². The molecule has 132 valence electrons. The first-order valence-electron chi connectivity index (χ1n) is 8.54. The van der Waals surface area contributed by atoms with Gasteiger partial charge in [-0.15, -0.1) is 0 Å². The van der Waals surface area contributed by atoms with Gasteiger partial charge in [0.2, 0.25) is 0 Å². The lowest BCUT2D eigenvalue weighted by molar-refractivity contribution is -0.134. The van der Waals surface area contributed by atoms with Crippen LogP contribution < -0.4 is 10.2 Å². The SMILES string of the molecule is COC(=O)/C=C/c1ccc(C#Cc2ccc(N3CCNCC3)cc2)cn1. The highest BCUT2D eigenvalue weighted by Crippen LogP contribution is 2.15. The van der Waals surface area contributed by atoms with Crippen LogP contribution in [0.4, 0.5) is 5.69 Å². The highest BCUT2D eigenvalue weighted by Gasteiger charge is 2.09. The van der Waals surface area contributed by atoms with Crippen molar-refractivity contribution in [3.05, 3.63) is 65.5 Å². The number of pyridine rings is 1. The van der Waals surface area contributed by atoms with Gasteiger partial charge in [-0.25, -0.2) is 4.79 Å². The van der Waals surface area contributed by atoms with E-state index in [1.54, 1.807) is 12.3 Å². The maximum absolute atomic E-state index is 11.1. The monoisotopic (exact) mass is 347 g/mol. The van der Waals surface area contributed by atoms with Gasteiger partial charge in [0.1, 0.15) is 0 Å². The van der Waals surface area contributed by atoms with E-state index in [0.717, 1.165) is 37.3 Å². The summed E-state index contributed by atoms with van der Waals surface area (Å²) in [6, 6.07) is 12.0. The molecule has 0 bridgehead atoms. The van der Waals surface area contributed by atoms with E-state index < -0.39 is 5.97 Å². The third-order valence-electron chi connectivity index (χ3n) is 4.08. The van der Waals surface area contributed by atoms with Gasteiger partial charge in [0.15, 0.2) is 0 Å². The summed E-state index contributed by atoms with van der Waals surface area (Å²) >= 11 is 0. The fourth-order valence-corrected chi connectivity index (χ4v) is 2.62. The van der Waals surface area contributed by atoms with Crippen LogP contribution >= 0.6 is 0 Å². The third-order valence-corrected chi connectivity index (χ3v) is 4.08. The number of methoxy groups -OCH3 is 1. The van der Waals surface area contributed by atoms with Crippen LogP contribution in [-0.4, -0.2) is 44.2 Å². The summed E-state index contributed by atoms with van der Waals surface area (Å²) in [5, 5.41) is 3.36. The number of anilines is 1. The second-order valence-corrected chi connectivity index (χ2v) is 5.86. The molecule has 2 aromatic rings. The van der Waals surface area contributed by atoms with Crippen molar-refractivity contribution in [3.8, 4) is 11.8 Å². The summed E-state index contributed by atoms with van der Waals surface area (Å²) < 4.78 is 4.55. The van der Waals surface area contributed by atoms with Gasteiger partial charge >= 0.3 is 5.97 Å². The van der Waals surface area contributed by atoms with Crippen molar-refractivity contribution in [2.45, 2.75) is 0 Å². The quantitative estimate of drug-likeness (QED) is 0.523. The predicted molar refractivity (Wildman–Crippen MR) is 103 cm³/mol. The van der Waals surface area contributed by atoms with Crippen LogP contribution in [0.3, 0.4) is 0 Å². The molecule has 26 heavy (non-hydrogen) atoms. The molecule has 0 unspecified atom stereocenters. The molecule has 3 rings (SSSR count). The van der Waals surface area contributed by atoms with Gasteiger partial charge in [-0.2, -0.15) is 0 Å². The van der Waals surface area contributed by atoms with E-state index in [9.17, 15) is 4.79 Å². The Morgan fingerprint density at radius 2 is 1.81 bits per heavy atom. The van der Waals surface area contributed by atoms with E-state index in [4.69, 9.17) is 0 Å². The molecular weight excluding hydrogens is 326 g/mol. The number of hydrogen-bond acceptors (Lipinski definition) is 5. The lowest BCUT2D eigenvalue weighted by Crippen LogP contribution is -2.43. The maximum atomic E-state index is 11.1. The summed E-state index contributed by atoms with van der Waals surface area (Å²) in [4.78, 5) is 17.7. The molecule has 1 aromatic carbocycles. The molecule has 5 nitrogen and oxygen atoms in total. The Balaban J connectivity index is 1.63. The number of ether oxygens (including phenoxy) is 1. The highest BCUT2D eigenvalue weighted by molar-refractivity contribution is 5.86. The first kappa shape index (κ1) is 17.7. The first-order valence-corrected chi connectivity index (χ1v) is 8.54. The Bertz CT molecular complexity index is 824. The van der Waals surface area contributed by atoms with Gasteiger partial charge in [0.25, 0.3) is 0 Å². The van der Waals surface area contributed by atoms with Crippen molar-refractivity contribution >= 4 is 17.7 Å². The zero-order chi connectivity index (χ0) is 18.2. The molecular formula is C21H21N3O2. The zero-order valence-corrected chi connectivity index (χ0v) is 14.7. The first-order chi connectivity index (χ1) is 12.7. The minimum atomic E-state index is -0.403.